The summed E-state index contributed by atoms with van der Waals surface area (Å²) in [5.74, 6) is -0.744. The molecule has 0 fully saturated rings. The highest BCUT2D eigenvalue weighted by Gasteiger charge is 2.10. The van der Waals surface area contributed by atoms with Crippen LogP contribution in [0.5, 0.6) is 0 Å². The van der Waals surface area contributed by atoms with E-state index in [-0.39, 0.29) is 5.91 Å². The van der Waals surface area contributed by atoms with E-state index < -0.39 is 5.82 Å². The molecule has 0 atom stereocenters. The summed E-state index contributed by atoms with van der Waals surface area (Å²) in [4.78, 5) is 12.0. The monoisotopic (exact) mass is 258 g/mol. The van der Waals surface area contributed by atoms with E-state index in [0.717, 1.165) is 11.1 Å². The number of nitrogens with two attached hydrogens (primary N) is 1. The number of anilines is 1. The number of aryl methyl sites for hydroxylation is 1. The lowest BCUT2D eigenvalue weighted by molar-refractivity contribution is 0.102. The molecule has 2 aromatic rings. The van der Waals surface area contributed by atoms with Crippen molar-refractivity contribution in [1.29, 1.82) is 0 Å². The van der Waals surface area contributed by atoms with Gasteiger partial charge >= 0.3 is 0 Å². The van der Waals surface area contributed by atoms with Gasteiger partial charge in [0.25, 0.3) is 5.91 Å². The molecular weight excluding hydrogens is 243 g/mol. The van der Waals surface area contributed by atoms with Gasteiger partial charge in [0.05, 0.1) is 0 Å². The zero-order valence-electron chi connectivity index (χ0n) is 10.6. The predicted molar refractivity (Wildman–Crippen MR) is 73.4 cm³/mol. The van der Waals surface area contributed by atoms with Crippen LogP contribution in [0.2, 0.25) is 0 Å². The lowest BCUT2D eigenvalue weighted by Gasteiger charge is -2.08. The minimum atomic E-state index is -0.422. The number of carbonyl (C=O) groups excluding carboxylic acids is 1. The van der Waals surface area contributed by atoms with Gasteiger partial charge < -0.3 is 11.1 Å². The van der Waals surface area contributed by atoms with Gasteiger partial charge in [-0.25, -0.2) is 4.39 Å². The van der Waals surface area contributed by atoms with Crippen LogP contribution in [0.25, 0.3) is 0 Å². The minimum absolute atomic E-state index is 0.322. The zero-order valence-corrected chi connectivity index (χ0v) is 10.6. The molecule has 0 aromatic heterocycles. The van der Waals surface area contributed by atoms with Crippen molar-refractivity contribution in [2.75, 3.05) is 5.32 Å². The Labute approximate surface area is 111 Å². The van der Waals surface area contributed by atoms with Gasteiger partial charge in [0.2, 0.25) is 0 Å². The Bertz CT molecular complexity index is 594. The number of hydrogen-bond donors (Lipinski definition) is 2. The highest BCUT2D eigenvalue weighted by Crippen LogP contribution is 2.14. The molecule has 1 amide bonds. The summed E-state index contributed by atoms with van der Waals surface area (Å²) in [7, 11) is 0. The first-order valence-corrected chi connectivity index (χ1v) is 5.96. The molecule has 0 unspecified atom stereocenters. The Balaban J connectivity index is 2.18. The third-order valence-electron chi connectivity index (χ3n) is 2.89. The van der Waals surface area contributed by atoms with Gasteiger partial charge in [-0.15, -0.1) is 0 Å². The highest BCUT2D eigenvalue weighted by molar-refractivity contribution is 6.05. The van der Waals surface area contributed by atoms with Gasteiger partial charge in [-0.1, -0.05) is 18.2 Å². The first kappa shape index (κ1) is 13.2. The van der Waals surface area contributed by atoms with Crippen molar-refractivity contribution >= 4 is 11.6 Å². The molecule has 0 saturated heterocycles. The van der Waals surface area contributed by atoms with E-state index in [1.165, 1.54) is 12.1 Å². The molecule has 0 aliphatic rings. The Morgan fingerprint density at radius 3 is 2.53 bits per heavy atom. The van der Waals surface area contributed by atoms with Gasteiger partial charge in [0.1, 0.15) is 5.82 Å². The summed E-state index contributed by atoms with van der Waals surface area (Å²) in [6, 6.07) is 11.4. The van der Waals surface area contributed by atoms with Crippen molar-refractivity contribution in [2.24, 2.45) is 5.73 Å². The van der Waals surface area contributed by atoms with Crippen molar-refractivity contribution in [3.63, 3.8) is 0 Å². The van der Waals surface area contributed by atoms with Gasteiger partial charge in [0, 0.05) is 17.8 Å². The van der Waals surface area contributed by atoms with E-state index in [0.29, 0.717) is 17.8 Å². The third kappa shape index (κ3) is 3.17. The average Bonchev–Trinajstić information content (AvgIpc) is 2.42. The first-order valence-electron chi connectivity index (χ1n) is 5.96. The van der Waals surface area contributed by atoms with Crippen LogP contribution < -0.4 is 11.1 Å². The molecule has 19 heavy (non-hydrogen) atoms. The van der Waals surface area contributed by atoms with Crippen molar-refractivity contribution in [2.45, 2.75) is 13.5 Å². The van der Waals surface area contributed by atoms with E-state index in [1.54, 1.807) is 25.1 Å². The fourth-order valence-corrected chi connectivity index (χ4v) is 1.76. The zero-order chi connectivity index (χ0) is 13.8. The van der Waals surface area contributed by atoms with Gasteiger partial charge in [-0.2, -0.15) is 0 Å². The Kier molecular flexibility index (Phi) is 3.92. The predicted octanol–water partition coefficient (Wildman–Crippen LogP) is 2.85. The Hall–Kier alpha value is -2.20. The highest BCUT2D eigenvalue weighted by atomic mass is 19.1. The number of rotatable bonds is 3. The molecule has 0 spiro atoms. The van der Waals surface area contributed by atoms with E-state index in [1.807, 2.05) is 12.1 Å². The average molecular weight is 258 g/mol. The second-order valence-electron chi connectivity index (χ2n) is 4.31. The Morgan fingerprint density at radius 2 is 1.89 bits per heavy atom. The molecule has 0 saturated carbocycles. The van der Waals surface area contributed by atoms with Crippen molar-refractivity contribution in [1.82, 2.24) is 0 Å². The maximum atomic E-state index is 13.2. The molecule has 0 aliphatic carbocycles. The number of carbonyl (C=O) groups is 1. The van der Waals surface area contributed by atoms with E-state index in [9.17, 15) is 9.18 Å². The molecule has 98 valence electrons. The van der Waals surface area contributed by atoms with Gasteiger partial charge in [-0.3, -0.25) is 4.79 Å². The Morgan fingerprint density at radius 1 is 1.21 bits per heavy atom. The molecule has 2 aromatic carbocycles. The van der Waals surface area contributed by atoms with E-state index in [4.69, 9.17) is 5.73 Å². The van der Waals surface area contributed by atoms with Gasteiger partial charge in [0.15, 0.2) is 0 Å². The molecule has 3 N–H and O–H groups in total. The number of hydrogen-bond acceptors (Lipinski definition) is 2. The molecular formula is C15H15FN2O. The summed E-state index contributed by atoms with van der Waals surface area (Å²) in [5, 5.41) is 2.73. The molecule has 0 bridgehead atoms. The lowest BCUT2D eigenvalue weighted by atomic mass is 10.1. The molecule has 4 heteroatoms. The largest absolute Gasteiger partial charge is 0.326 e. The molecule has 0 heterocycles. The van der Waals surface area contributed by atoms with Crippen LogP contribution in [0.3, 0.4) is 0 Å². The SMILES string of the molecule is Cc1ccc(F)cc1C(=O)Nc1ccc(CN)cc1. The number of nitrogens with one attached hydrogen (secondary N) is 1. The summed E-state index contributed by atoms with van der Waals surface area (Å²) in [6.07, 6.45) is 0. The summed E-state index contributed by atoms with van der Waals surface area (Å²) < 4.78 is 13.2. The topological polar surface area (TPSA) is 55.1 Å². The summed E-state index contributed by atoms with van der Waals surface area (Å²) in [6.45, 7) is 2.23. The van der Waals surface area contributed by atoms with Crippen LogP contribution >= 0.6 is 0 Å². The van der Waals surface area contributed by atoms with E-state index in [2.05, 4.69) is 5.32 Å². The molecule has 3 nitrogen and oxygen atoms in total. The van der Waals surface area contributed by atoms with Crippen LogP contribution in [-0.2, 0) is 6.54 Å². The van der Waals surface area contributed by atoms with Crippen LogP contribution in [0.4, 0.5) is 10.1 Å². The molecule has 0 aliphatic heterocycles. The van der Waals surface area contributed by atoms with Crippen molar-refractivity contribution in [3.05, 3.63) is 65.0 Å². The first-order chi connectivity index (χ1) is 9.10. The quantitative estimate of drug-likeness (QED) is 0.889. The number of benzene rings is 2. The summed E-state index contributed by atoms with van der Waals surface area (Å²) in [5.41, 5.74) is 8.21. The lowest BCUT2D eigenvalue weighted by Crippen LogP contribution is -2.13. The van der Waals surface area contributed by atoms with Gasteiger partial charge in [-0.05, 0) is 42.3 Å². The maximum Gasteiger partial charge on any atom is 0.256 e. The smallest absolute Gasteiger partial charge is 0.256 e. The molecule has 0 radical (unpaired) electrons. The fourth-order valence-electron chi connectivity index (χ4n) is 1.76. The third-order valence-corrected chi connectivity index (χ3v) is 2.89. The second kappa shape index (κ2) is 5.63. The van der Waals surface area contributed by atoms with Crippen LogP contribution in [-0.4, -0.2) is 5.91 Å². The van der Waals surface area contributed by atoms with Crippen molar-refractivity contribution in [3.8, 4) is 0 Å². The maximum absolute atomic E-state index is 13.2. The van der Waals surface area contributed by atoms with Crippen LogP contribution in [0, 0.1) is 12.7 Å². The normalized spacial score (nSPS) is 10.3. The number of amides is 1. The summed E-state index contributed by atoms with van der Waals surface area (Å²) >= 11 is 0. The fraction of sp³-hybridized carbons (Fsp3) is 0.133. The van der Waals surface area contributed by atoms with E-state index >= 15 is 0 Å². The van der Waals surface area contributed by atoms with Crippen LogP contribution in [0.1, 0.15) is 21.5 Å². The van der Waals surface area contributed by atoms with Crippen LogP contribution in [0.15, 0.2) is 42.5 Å². The molecule has 2 rings (SSSR count). The van der Waals surface area contributed by atoms with Crippen molar-refractivity contribution < 1.29 is 9.18 Å². The number of halogens is 1. The standard InChI is InChI=1S/C15H15FN2O/c1-10-2-5-12(16)8-14(10)15(19)18-13-6-3-11(9-17)4-7-13/h2-8H,9,17H2,1H3,(H,18,19). The minimum Gasteiger partial charge on any atom is -0.326 e. The second-order valence-corrected chi connectivity index (χ2v) is 4.31.